The molecule has 2 aromatic heterocycles. The molecule has 10 heteroatoms. The van der Waals surface area contributed by atoms with Gasteiger partial charge in [-0.15, -0.1) is 16.9 Å². The zero-order chi connectivity index (χ0) is 25.1. The molecule has 1 fully saturated rings. The number of hydrogen-bond donors (Lipinski definition) is 1. The standard InChI is InChI=1S/C26H26N6O3S/c1-35-26(34)23-16-32(30-29-23)19-13-24(25(33)28-18-6-5-7-20(12-18)36-2)31(15-19)14-17-10-11-27-22-9-4-3-8-21(17)22/h3-12,16,19,24H,13-15H2,1-2H3,(H,28,33)/t19-,24+/m1/s1. The molecule has 1 saturated heterocycles. The number of nitrogens with zero attached hydrogens (tertiary/aromatic N) is 5. The van der Waals surface area contributed by atoms with Gasteiger partial charge in [0.05, 0.1) is 30.9 Å². The smallest absolute Gasteiger partial charge is 0.360 e. The Kier molecular flexibility index (Phi) is 6.97. The van der Waals surface area contributed by atoms with Gasteiger partial charge in [0.25, 0.3) is 0 Å². The fourth-order valence-corrected chi connectivity index (χ4v) is 5.07. The Hall–Kier alpha value is -3.76. The number of aromatic nitrogens is 4. The summed E-state index contributed by atoms with van der Waals surface area (Å²) < 4.78 is 6.42. The fourth-order valence-electron chi connectivity index (χ4n) is 4.61. The summed E-state index contributed by atoms with van der Waals surface area (Å²) in [6.45, 7) is 1.14. The van der Waals surface area contributed by atoms with Crippen molar-refractivity contribution in [2.24, 2.45) is 0 Å². The number of hydrogen-bond acceptors (Lipinski definition) is 8. The van der Waals surface area contributed by atoms with Crippen LogP contribution in [0.5, 0.6) is 0 Å². The van der Waals surface area contributed by atoms with Crippen LogP contribution in [-0.2, 0) is 16.1 Å². The number of thioether (sulfide) groups is 1. The molecule has 1 aliphatic heterocycles. The van der Waals surface area contributed by atoms with Crippen LogP contribution in [0.25, 0.3) is 10.9 Å². The Labute approximate surface area is 212 Å². The van der Waals surface area contributed by atoms with Gasteiger partial charge in [-0.2, -0.15) is 0 Å². The number of carbonyl (C=O) groups excluding carboxylic acids is 2. The molecule has 36 heavy (non-hydrogen) atoms. The van der Waals surface area contributed by atoms with Crippen molar-refractivity contribution < 1.29 is 14.3 Å². The number of carbonyl (C=O) groups is 2. The van der Waals surface area contributed by atoms with E-state index in [4.69, 9.17) is 4.74 Å². The van der Waals surface area contributed by atoms with Gasteiger partial charge >= 0.3 is 5.97 Å². The number of anilines is 1. The van der Waals surface area contributed by atoms with Crippen LogP contribution in [0.4, 0.5) is 5.69 Å². The molecule has 4 aromatic rings. The third-order valence-electron chi connectivity index (χ3n) is 6.41. The summed E-state index contributed by atoms with van der Waals surface area (Å²) in [6, 6.07) is 17.3. The Bertz CT molecular complexity index is 1400. The second-order valence-corrected chi connectivity index (χ2v) is 9.50. The van der Waals surface area contributed by atoms with Crippen molar-refractivity contribution in [2.75, 3.05) is 25.2 Å². The lowest BCUT2D eigenvalue weighted by Crippen LogP contribution is -2.39. The first kappa shape index (κ1) is 24.0. The molecule has 0 spiro atoms. The molecule has 9 nitrogen and oxygen atoms in total. The van der Waals surface area contributed by atoms with Crippen molar-refractivity contribution in [3.8, 4) is 0 Å². The molecule has 1 amide bonds. The summed E-state index contributed by atoms with van der Waals surface area (Å²) in [6.07, 6.45) is 5.91. The van der Waals surface area contributed by atoms with E-state index in [-0.39, 0.29) is 17.6 Å². The van der Waals surface area contributed by atoms with Crippen LogP contribution in [0, 0.1) is 0 Å². The predicted octanol–water partition coefficient (Wildman–Crippen LogP) is 3.79. The fraction of sp³-hybridized carbons (Fsp3) is 0.269. The molecule has 1 aliphatic rings. The van der Waals surface area contributed by atoms with Crippen molar-refractivity contribution in [3.05, 3.63) is 78.2 Å². The molecule has 2 aromatic carbocycles. The molecule has 5 rings (SSSR count). The minimum atomic E-state index is -0.540. The molecule has 0 radical (unpaired) electrons. The highest BCUT2D eigenvalue weighted by atomic mass is 32.2. The molecule has 0 aliphatic carbocycles. The van der Waals surface area contributed by atoms with Crippen molar-refractivity contribution >= 4 is 40.2 Å². The summed E-state index contributed by atoms with van der Waals surface area (Å²) >= 11 is 1.63. The van der Waals surface area contributed by atoms with E-state index in [0.29, 0.717) is 19.5 Å². The maximum absolute atomic E-state index is 13.5. The van der Waals surface area contributed by atoms with Gasteiger partial charge in [0.2, 0.25) is 5.91 Å². The highest BCUT2D eigenvalue weighted by Crippen LogP contribution is 2.31. The molecule has 184 valence electrons. The number of benzene rings is 2. The summed E-state index contributed by atoms with van der Waals surface area (Å²) in [4.78, 5) is 33.1. The molecule has 0 unspecified atom stereocenters. The van der Waals surface area contributed by atoms with Crippen LogP contribution in [0.3, 0.4) is 0 Å². The lowest BCUT2D eigenvalue weighted by molar-refractivity contribution is -0.120. The molecule has 1 N–H and O–H groups in total. The summed E-state index contributed by atoms with van der Waals surface area (Å²) in [7, 11) is 1.31. The van der Waals surface area contributed by atoms with E-state index in [9.17, 15) is 9.59 Å². The van der Waals surface area contributed by atoms with Crippen molar-refractivity contribution in [1.29, 1.82) is 0 Å². The third-order valence-corrected chi connectivity index (χ3v) is 7.14. The number of rotatable bonds is 7. The van der Waals surface area contributed by atoms with E-state index in [1.165, 1.54) is 7.11 Å². The number of likely N-dealkylation sites (tertiary alicyclic amines) is 1. The number of ether oxygens (including phenoxy) is 1. The van der Waals surface area contributed by atoms with Crippen LogP contribution < -0.4 is 5.32 Å². The van der Waals surface area contributed by atoms with Crippen LogP contribution in [0.2, 0.25) is 0 Å². The van der Waals surface area contributed by atoms with E-state index < -0.39 is 12.0 Å². The number of methoxy groups -OCH3 is 1. The lowest BCUT2D eigenvalue weighted by atomic mass is 10.1. The predicted molar refractivity (Wildman–Crippen MR) is 138 cm³/mol. The monoisotopic (exact) mass is 502 g/mol. The van der Waals surface area contributed by atoms with Crippen molar-refractivity contribution in [2.45, 2.75) is 29.9 Å². The van der Waals surface area contributed by atoms with Gasteiger partial charge in [-0.05, 0) is 48.6 Å². The Balaban J connectivity index is 1.43. The molecule has 3 heterocycles. The van der Waals surface area contributed by atoms with Crippen molar-refractivity contribution in [3.63, 3.8) is 0 Å². The zero-order valence-corrected chi connectivity index (χ0v) is 20.8. The highest BCUT2D eigenvalue weighted by Gasteiger charge is 2.38. The normalized spacial score (nSPS) is 17.8. The summed E-state index contributed by atoms with van der Waals surface area (Å²) in [5.74, 6) is -0.621. The van der Waals surface area contributed by atoms with E-state index in [0.717, 1.165) is 27.0 Å². The van der Waals surface area contributed by atoms with Crippen LogP contribution in [0.1, 0.15) is 28.5 Å². The van der Waals surface area contributed by atoms with Gasteiger partial charge < -0.3 is 10.1 Å². The third kappa shape index (κ3) is 4.95. The minimum absolute atomic E-state index is 0.0811. The van der Waals surface area contributed by atoms with Gasteiger partial charge in [-0.1, -0.05) is 29.5 Å². The van der Waals surface area contributed by atoms with E-state index in [1.807, 2.05) is 60.9 Å². The lowest BCUT2D eigenvalue weighted by Gasteiger charge is -2.24. The van der Waals surface area contributed by atoms with Gasteiger partial charge in [0.1, 0.15) is 0 Å². The summed E-state index contributed by atoms with van der Waals surface area (Å²) in [5, 5.41) is 12.3. The molecular formula is C26H26N6O3S. The Morgan fingerprint density at radius 1 is 1.17 bits per heavy atom. The quantitative estimate of drug-likeness (QED) is 0.301. The van der Waals surface area contributed by atoms with Gasteiger partial charge in [0.15, 0.2) is 5.69 Å². The SMILES string of the molecule is COC(=O)c1cn([C@@H]2C[C@@H](C(=O)Nc3cccc(SC)c3)N(Cc3ccnc4ccccc34)C2)nn1. The number of fused-ring (bicyclic) bond motifs is 1. The van der Waals surface area contributed by atoms with E-state index in [1.54, 1.807) is 28.8 Å². The zero-order valence-electron chi connectivity index (χ0n) is 20.0. The number of pyridine rings is 1. The van der Waals surface area contributed by atoms with Gasteiger partial charge in [0, 0.05) is 35.3 Å². The first-order valence-electron chi connectivity index (χ1n) is 11.6. The average molecular weight is 503 g/mol. The first-order chi connectivity index (χ1) is 17.6. The molecule has 0 saturated carbocycles. The number of amides is 1. The highest BCUT2D eigenvalue weighted by molar-refractivity contribution is 7.98. The average Bonchev–Trinajstić information content (AvgIpc) is 3.56. The van der Waals surface area contributed by atoms with Crippen LogP contribution in [-0.4, -0.2) is 62.7 Å². The van der Waals surface area contributed by atoms with Crippen molar-refractivity contribution in [1.82, 2.24) is 24.9 Å². The van der Waals surface area contributed by atoms with E-state index >= 15 is 0 Å². The number of para-hydroxylation sites is 1. The second-order valence-electron chi connectivity index (χ2n) is 8.62. The molecule has 2 atom stereocenters. The topological polar surface area (TPSA) is 102 Å². The van der Waals surface area contributed by atoms with Crippen LogP contribution in [0.15, 0.2) is 71.9 Å². The van der Waals surface area contributed by atoms with Gasteiger partial charge in [-0.25, -0.2) is 9.48 Å². The number of esters is 1. The molecular weight excluding hydrogens is 476 g/mol. The van der Waals surface area contributed by atoms with Gasteiger partial charge in [-0.3, -0.25) is 14.7 Å². The van der Waals surface area contributed by atoms with E-state index in [2.05, 4.69) is 25.5 Å². The molecule has 0 bridgehead atoms. The largest absolute Gasteiger partial charge is 0.464 e. The minimum Gasteiger partial charge on any atom is -0.464 e. The Morgan fingerprint density at radius 3 is 2.86 bits per heavy atom. The summed E-state index contributed by atoms with van der Waals surface area (Å²) in [5.41, 5.74) is 2.92. The first-order valence-corrected chi connectivity index (χ1v) is 12.8. The van der Waals surface area contributed by atoms with Crippen LogP contribution >= 0.6 is 11.8 Å². The maximum atomic E-state index is 13.5. The Morgan fingerprint density at radius 2 is 2.03 bits per heavy atom. The number of nitrogens with one attached hydrogen (secondary N) is 1. The maximum Gasteiger partial charge on any atom is 0.360 e. The second kappa shape index (κ2) is 10.5.